The number of nitrogens with zero attached hydrogens (tertiary/aromatic N) is 5. The lowest BCUT2D eigenvalue weighted by molar-refractivity contribution is -0.123. The maximum Gasteiger partial charge on any atom is 0.254 e. The van der Waals surface area contributed by atoms with Gasteiger partial charge in [-0.15, -0.1) is 0 Å². The van der Waals surface area contributed by atoms with E-state index in [1.54, 1.807) is 12.1 Å². The van der Waals surface area contributed by atoms with Crippen LogP contribution in [0.5, 0.6) is 0 Å². The van der Waals surface area contributed by atoms with E-state index in [9.17, 15) is 9.59 Å². The molecule has 1 saturated heterocycles. The Morgan fingerprint density at radius 2 is 2.30 bits per heavy atom. The maximum absolute atomic E-state index is 12.3. The summed E-state index contributed by atoms with van der Waals surface area (Å²) < 4.78 is 1.47. The molecule has 3 rings (SSSR count). The first kappa shape index (κ1) is 12.3. The van der Waals surface area contributed by atoms with Crippen molar-refractivity contribution in [1.82, 2.24) is 30.0 Å². The number of hydrogen-bond acceptors (Lipinski definition) is 5. The smallest absolute Gasteiger partial charge is 0.254 e. The number of amides is 2. The zero-order valence-corrected chi connectivity index (χ0v) is 10.6. The van der Waals surface area contributed by atoms with Crippen molar-refractivity contribution >= 4 is 11.8 Å². The molecule has 2 aromatic rings. The Morgan fingerprint density at radius 3 is 3.05 bits per heavy atom. The predicted molar refractivity (Wildman–Crippen MR) is 68.1 cm³/mol. The van der Waals surface area contributed by atoms with Crippen LogP contribution in [0.3, 0.4) is 0 Å². The summed E-state index contributed by atoms with van der Waals surface area (Å²) in [5, 5.41) is 6.65. The minimum atomic E-state index is -0.191. The number of carbonyl (C=O) groups excluding carboxylic acids is 2. The van der Waals surface area contributed by atoms with Gasteiger partial charge in [-0.2, -0.15) is 5.10 Å². The molecule has 1 N–H and O–H groups in total. The van der Waals surface area contributed by atoms with Crippen molar-refractivity contribution in [3.63, 3.8) is 0 Å². The van der Waals surface area contributed by atoms with Gasteiger partial charge in [0.15, 0.2) is 5.82 Å². The molecule has 0 spiro atoms. The maximum atomic E-state index is 12.3. The standard InChI is InChI=1S/C12H12N6O2/c19-11-6-17(4-3-15-11)12(20)9-1-2-14-10(5-9)18-8-13-7-16-18/h1-2,5,7-8H,3-4,6H2,(H,15,19). The van der Waals surface area contributed by atoms with Gasteiger partial charge in [0.2, 0.25) is 5.91 Å². The quantitative estimate of drug-likeness (QED) is 0.775. The summed E-state index contributed by atoms with van der Waals surface area (Å²) in [4.78, 5) is 33.1. The average molecular weight is 272 g/mol. The van der Waals surface area contributed by atoms with Gasteiger partial charge in [0.05, 0.1) is 6.54 Å². The fourth-order valence-corrected chi connectivity index (χ4v) is 2.00. The van der Waals surface area contributed by atoms with Gasteiger partial charge >= 0.3 is 0 Å². The topological polar surface area (TPSA) is 93.0 Å². The van der Waals surface area contributed by atoms with Gasteiger partial charge in [-0.1, -0.05) is 0 Å². The van der Waals surface area contributed by atoms with E-state index in [2.05, 4.69) is 20.4 Å². The SMILES string of the molecule is O=C1CN(C(=O)c2ccnc(-n3cncn3)c2)CCN1. The summed E-state index contributed by atoms with van der Waals surface area (Å²) >= 11 is 0. The number of rotatable bonds is 2. The highest BCUT2D eigenvalue weighted by Gasteiger charge is 2.22. The molecule has 0 atom stereocenters. The Hall–Kier alpha value is -2.77. The molecule has 0 radical (unpaired) electrons. The molecule has 0 aromatic carbocycles. The Bertz CT molecular complexity index is 639. The van der Waals surface area contributed by atoms with Crippen LogP contribution in [0.25, 0.3) is 5.82 Å². The third-order valence-electron chi connectivity index (χ3n) is 2.97. The van der Waals surface area contributed by atoms with Crippen molar-refractivity contribution in [2.45, 2.75) is 0 Å². The van der Waals surface area contributed by atoms with Crippen LogP contribution in [0.2, 0.25) is 0 Å². The van der Waals surface area contributed by atoms with E-state index in [1.807, 2.05) is 0 Å². The molecular weight excluding hydrogens is 260 g/mol. The lowest BCUT2D eigenvalue weighted by Gasteiger charge is -2.26. The molecule has 0 aliphatic carbocycles. The van der Waals surface area contributed by atoms with Crippen LogP contribution < -0.4 is 5.32 Å². The number of hydrogen-bond donors (Lipinski definition) is 1. The van der Waals surface area contributed by atoms with E-state index < -0.39 is 0 Å². The normalized spacial score (nSPS) is 15.0. The molecule has 1 aliphatic rings. The fraction of sp³-hybridized carbons (Fsp3) is 0.250. The third-order valence-corrected chi connectivity index (χ3v) is 2.97. The third kappa shape index (κ3) is 2.35. The Kier molecular flexibility index (Phi) is 3.12. The average Bonchev–Trinajstić information content (AvgIpc) is 3.01. The molecule has 8 heteroatoms. The first-order chi connectivity index (χ1) is 9.74. The predicted octanol–water partition coefficient (Wildman–Crippen LogP) is -0.766. The van der Waals surface area contributed by atoms with Crippen molar-refractivity contribution in [3.05, 3.63) is 36.5 Å². The molecule has 0 bridgehead atoms. The largest absolute Gasteiger partial charge is 0.353 e. The second-order valence-electron chi connectivity index (χ2n) is 4.32. The van der Waals surface area contributed by atoms with Crippen molar-refractivity contribution in [3.8, 4) is 5.82 Å². The molecule has 20 heavy (non-hydrogen) atoms. The summed E-state index contributed by atoms with van der Waals surface area (Å²) in [5.74, 6) is 0.175. The van der Waals surface area contributed by atoms with Crippen molar-refractivity contribution in [2.75, 3.05) is 19.6 Å². The first-order valence-corrected chi connectivity index (χ1v) is 6.11. The molecule has 2 amide bonds. The van der Waals surface area contributed by atoms with Gasteiger partial charge in [-0.25, -0.2) is 14.6 Å². The number of pyridine rings is 1. The van der Waals surface area contributed by atoms with E-state index in [4.69, 9.17) is 0 Å². The van der Waals surface area contributed by atoms with Crippen LogP contribution in [0.15, 0.2) is 31.0 Å². The monoisotopic (exact) mass is 272 g/mol. The minimum absolute atomic E-state index is 0.0831. The second-order valence-corrected chi connectivity index (χ2v) is 4.32. The van der Waals surface area contributed by atoms with Crippen LogP contribution in [0.1, 0.15) is 10.4 Å². The van der Waals surface area contributed by atoms with E-state index in [0.29, 0.717) is 24.5 Å². The summed E-state index contributed by atoms with van der Waals surface area (Å²) in [7, 11) is 0. The number of carbonyl (C=O) groups is 2. The number of aromatic nitrogens is 4. The van der Waals surface area contributed by atoms with Crippen LogP contribution in [0, 0.1) is 0 Å². The molecule has 1 fully saturated rings. The molecule has 0 saturated carbocycles. The van der Waals surface area contributed by atoms with Gasteiger partial charge in [0, 0.05) is 24.8 Å². The van der Waals surface area contributed by atoms with Gasteiger partial charge < -0.3 is 10.2 Å². The molecule has 3 heterocycles. The lowest BCUT2D eigenvalue weighted by Crippen LogP contribution is -2.49. The van der Waals surface area contributed by atoms with E-state index in [1.165, 1.54) is 28.4 Å². The summed E-state index contributed by atoms with van der Waals surface area (Å²) in [5.41, 5.74) is 0.472. The van der Waals surface area contributed by atoms with Crippen molar-refractivity contribution in [2.24, 2.45) is 0 Å². The van der Waals surface area contributed by atoms with Gasteiger partial charge in [0.1, 0.15) is 12.7 Å². The van der Waals surface area contributed by atoms with Gasteiger partial charge in [-0.05, 0) is 12.1 Å². The molecule has 2 aromatic heterocycles. The van der Waals surface area contributed by atoms with E-state index >= 15 is 0 Å². The van der Waals surface area contributed by atoms with Crippen molar-refractivity contribution < 1.29 is 9.59 Å². The van der Waals surface area contributed by atoms with Gasteiger partial charge in [-0.3, -0.25) is 9.59 Å². The molecule has 1 aliphatic heterocycles. The van der Waals surface area contributed by atoms with Gasteiger partial charge in [0.25, 0.3) is 5.91 Å². The van der Waals surface area contributed by atoms with E-state index in [0.717, 1.165) is 0 Å². The second kappa shape index (κ2) is 5.08. The molecule has 8 nitrogen and oxygen atoms in total. The number of nitrogens with one attached hydrogen (secondary N) is 1. The minimum Gasteiger partial charge on any atom is -0.353 e. The van der Waals surface area contributed by atoms with Crippen LogP contribution in [-0.2, 0) is 4.79 Å². The highest BCUT2D eigenvalue weighted by atomic mass is 16.2. The fourth-order valence-electron chi connectivity index (χ4n) is 2.00. The highest BCUT2D eigenvalue weighted by Crippen LogP contribution is 2.09. The summed E-state index contributed by atoms with van der Waals surface area (Å²) in [6.07, 6.45) is 4.43. The summed E-state index contributed by atoms with van der Waals surface area (Å²) in [6, 6.07) is 3.25. The zero-order valence-electron chi connectivity index (χ0n) is 10.6. The highest BCUT2D eigenvalue weighted by molar-refractivity contribution is 5.97. The Balaban J connectivity index is 1.85. The van der Waals surface area contributed by atoms with Crippen LogP contribution in [0.4, 0.5) is 0 Å². The summed E-state index contributed by atoms with van der Waals surface area (Å²) in [6.45, 7) is 1.07. The Labute approximate surface area is 114 Å². The lowest BCUT2D eigenvalue weighted by atomic mass is 10.2. The molecule has 0 unspecified atom stereocenters. The Morgan fingerprint density at radius 1 is 1.40 bits per heavy atom. The first-order valence-electron chi connectivity index (χ1n) is 6.11. The van der Waals surface area contributed by atoms with Crippen LogP contribution >= 0.6 is 0 Å². The van der Waals surface area contributed by atoms with Crippen LogP contribution in [-0.4, -0.2) is 56.1 Å². The molecular formula is C12H12N6O2. The van der Waals surface area contributed by atoms with E-state index in [-0.39, 0.29) is 18.4 Å². The molecule has 102 valence electrons. The number of piperazine rings is 1. The zero-order chi connectivity index (χ0) is 13.9. The van der Waals surface area contributed by atoms with Crippen molar-refractivity contribution in [1.29, 1.82) is 0 Å².